The van der Waals surface area contributed by atoms with Crippen LogP contribution in [0.5, 0.6) is 0 Å². The normalized spacial score (nSPS) is 18.6. The van der Waals surface area contributed by atoms with E-state index in [1.165, 1.54) is 12.1 Å². The average Bonchev–Trinajstić information content (AvgIpc) is 2.41. The van der Waals surface area contributed by atoms with Crippen LogP contribution in [-0.4, -0.2) is 30.3 Å². The molecule has 1 aliphatic rings. The molecular formula is C15H20FNO. The number of rotatable bonds is 5. The molecular weight excluding hydrogens is 229 g/mol. The van der Waals surface area contributed by atoms with Gasteiger partial charge in [0.1, 0.15) is 5.82 Å². The second-order valence-electron chi connectivity index (χ2n) is 4.74. The molecule has 1 fully saturated rings. The number of carbonyl (C=O) groups is 1. The minimum absolute atomic E-state index is 0.0791. The minimum atomic E-state index is -0.310. The minimum Gasteiger partial charge on any atom is -0.303 e. The van der Waals surface area contributed by atoms with Gasteiger partial charge in [0.15, 0.2) is 5.78 Å². The lowest BCUT2D eigenvalue weighted by Crippen LogP contribution is -2.30. The van der Waals surface area contributed by atoms with E-state index >= 15 is 0 Å². The Balaban J connectivity index is 1.70. The second kappa shape index (κ2) is 6.64. The van der Waals surface area contributed by atoms with Crippen LogP contribution < -0.4 is 0 Å². The summed E-state index contributed by atoms with van der Waals surface area (Å²) in [5.41, 5.74) is 0.589. The third-order valence-corrected chi connectivity index (χ3v) is 3.34. The number of likely N-dealkylation sites (tertiary alicyclic amines) is 1. The first kappa shape index (κ1) is 11.8. The van der Waals surface area contributed by atoms with Gasteiger partial charge in [-0.2, -0.15) is 0 Å². The number of hydrogen-bond acceptors (Lipinski definition) is 2. The Bertz CT molecular complexity index is 413. The van der Waals surface area contributed by atoms with Gasteiger partial charge in [-0.25, -0.2) is 4.39 Å². The van der Waals surface area contributed by atoms with Crippen LogP contribution >= 0.6 is 0 Å². The van der Waals surface area contributed by atoms with Crippen molar-refractivity contribution in [1.29, 1.82) is 0 Å². The number of carbonyl (C=O) groups excluding carboxylic acids is 1. The molecule has 1 aromatic carbocycles. The van der Waals surface area contributed by atoms with Gasteiger partial charge < -0.3 is 4.90 Å². The van der Waals surface area contributed by atoms with Crippen molar-refractivity contribution < 1.29 is 10.6 Å². The van der Waals surface area contributed by atoms with E-state index in [1.807, 2.05) is 0 Å². The molecule has 1 aliphatic heterocycles. The van der Waals surface area contributed by atoms with E-state index in [0.717, 1.165) is 38.9 Å². The van der Waals surface area contributed by atoms with Crippen LogP contribution in [0.25, 0.3) is 0 Å². The molecule has 1 saturated heterocycles. The van der Waals surface area contributed by atoms with E-state index < -0.39 is 0 Å². The molecule has 18 heavy (non-hydrogen) atoms. The molecule has 0 aliphatic carbocycles. The monoisotopic (exact) mass is 250 g/mol. The first-order chi connectivity index (χ1) is 9.15. The van der Waals surface area contributed by atoms with Crippen molar-refractivity contribution in [1.82, 2.24) is 4.90 Å². The summed E-state index contributed by atoms with van der Waals surface area (Å²) < 4.78 is 20.4. The molecule has 0 radical (unpaired) electrons. The van der Waals surface area contributed by atoms with Gasteiger partial charge in [-0.05, 0) is 63.2 Å². The van der Waals surface area contributed by atoms with Gasteiger partial charge in [-0.3, -0.25) is 4.79 Å². The van der Waals surface area contributed by atoms with Crippen molar-refractivity contribution in [2.24, 2.45) is 0 Å². The summed E-state index contributed by atoms with van der Waals surface area (Å²) in [6.45, 7) is 2.86. The maximum absolute atomic E-state index is 12.7. The van der Waals surface area contributed by atoms with E-state index in [1.54, 1.807) is 12.1 Å². The van der Waals surface area contributed by atoms with Crippen molar-refractivity contribution in [3.8, 4) is 0 Å². The number of benzene rings is 1. The van der Waals surface area contributed by atoms with Crippen LogP contribution in [0.15, 0.2) is 24.3 Å². The maximum atomic E-state index is 12.7. The summed E-state index contributed by atoms with van der Waals surface area (Å²) in [5, 5.41) is 0. The highest BCUT2D eigenvalue weighted by Crippen LogP contribution is 2.11. The van der Waals surface area contributed by atoms with E-state index in [-0.39, 0.29) is 18.0 Å². The van der Waals surface area contributed by atoms with Gasteiger partial charge in [-0.15, -0.1) is 0 Å². The molecule has 0 spiro atoms. The zero-order valence-electron chi connectivity index (χ0n) is 11.6. The van der Waals surface area contributed by atoms with Crippen molar-refractivity contribution in [3.05, 3.63) is 35.6 Å². The van der Waals surface area contributed by atoms with Gasteiger partial charge in [0.05, 0.1) is 0 Å². The fourth-order valence-corrected chi connectivity index (χ4v) is 2.27. The molecule has 0 N–H and O–H groups in total. The predicted octanol–water partition coefficient (Wildman–Crippen LogP) is 3.27. The molecule has 2 rings (SSSR count). The Morgan fingerprint density at radius 1 is 1.28 bits per heavy atom. The highest BCUT2D eigenvalue weighted by molar-refractivity contribution is 5.95. The summed E-state index contributed by atoms with van der Waals surface area (Å²) in [6.07, 6.45) is 3.31. The van der Waals surface area contributed by atoms with Crippen LogP contribution in [0.3, 0.4) is 0 Å². The Kier molecular flexibility index (Phi) is 4.37. The number of Topliss-reactive ketones (excluding diaryl/α,β-unsaturated/α-hetero) is 1. The molecule has 0 bridgehead atoms. The third kappa shape index (κ3) is 3.91. The number of halogens is 1. The summed E-state index contributed by atoms with van der Waals surface area (Å²) in [5.74, 6) is -0.231. The topological polar surface area (TPSA) is 20.3 Å². The molecule has 98 valence electrons. The van der Waals surface area contributed by atoms with Crippen molar-refractivity contribution in [2.75, 3.05) is 19.6 Å². The summed E-state index contributed by atoms with van der Waals surface area (Å²) in [7, 11) is 0. The van der Waals surface area contributed by atoms with Crippen LogP contribution in [0.1, 0.15) is 43.8 Å². The van der Waals surface area contributed by atoms with E-state index in [2.05, 4.69) is 4.90 Å². The Labute approximate surface area is 109 Å². The third-order valence-electron chi connectivity index (χ3n) is 3.34. The standard InChI is InChI=1S/C15H20FNO/c16-14-8-6-13(7-9-14)15(18)5-4-12-17-10-2-1-3-11-17/h6-9H,1-5,10-12H2/i1D. The second-order valence-corrected chi connectivity index (χ2v) is 4.74. The van der Waals surface area contributed by atoms with E-state index in [9.17, 15) is 9.18 Å². The van der Waals surface area contributed by atoms with E-state index in [4.69, 9.17) is 1.37 Å². The lowest BCUT2D eigenvalue weighted by Gasteiger charge is -2.26. The van der Waals surface area contributed by atoms with Crippen LogP contribution in [0, 0.1) is 5.82 Å². The molecule has 3 heteroatoms. The molecule has 0 unspecified atom stereocenters. The first-order valence-electron chi connectivity index (χ1n) is 7.16. The smallest absolute Gasteiger partial charge is 0.162 e. The summed E-state index contributed by atoms with van der Waals surface area (Å²) in [6, 6.07) is 5.74. The Morgan fingerprint density at radius 2 is 1.94 bits per heavy atom. The van der Waals surface area contributed by atoms with Crippen molar-refractivity contribution >= 4 is 5.78 Å². The molecule has 1 heterocycles. The quantitative estimate of drug-likeness (QED) is 0.747. The van der Waals surface area contributed by atoms with E-state index in [0.29, 0.717) is 12.0 Å². The van der Waals surface area contributed by atoms with Gasteiger partial charge in [0, 0.05) is 13.4 Å². The molecule has 0 aromatic heterocycles. The molecule has 0 amide bonds. The summed E-state index contributed by atoms with van der Waals surface area (Å²) >= 11 is 0. The number of hydrogen-bond donors (Lipinski definition) is 0. The lowest BCUT2D eigenvalue weighted by atomic mass is 10.1. The molecule has 0 atom stereocenters. The molecule has 1 aromatic rings. The largest absolute Gasteiger partial charge is 0.303 e. The van der Waals surface area contributed by atoms with Crippen LogP contribution in [0.2, 0.25) is 0 Å². The maximum Gasteiger partial charge on any atom is 0.162 e. The molecule has 0 saturated carbocycles. The van der Waals surface area contributed by atoms with Gasteiger partial charge in [-0.1, -0.05) is 6.40 Å². The van der Waals surface area contributed by atoms with Gasteiger partial charge >= 0.3 is 0 Å². The SMILES string of the molecule is [2H]C1CCN(CCCC(=O)c2ccc(F)cc2)CC1. The average molecular weight is 250 g/mol. The number of nitrogens with zero attached hydrogens (tertiary/aromatic N) is 1. The fourth-order valence-electron chi connectivity index (χ4n) is 2.27. The lowest BCUT2D eigenvalue weighted by molar-refractivity contribution is 0.0973. The van der Waals surface area contributed by atoms with Crippen LogP contribution in [0.4, 0.5) is 4.39 Å². The zero-order chi connectivity index (χ0) is 13.7. The van der Waals surface area contributed by atoms with Crippen LogP contribution in [-0.2, 0) is 0 Å². The first-order valence-corrected chi connectivity index (χ1v) is 6.58. The van der Waals surface area contributed by atoms with Crippen molar-refractivity contribution in [3.63, 3.8) is 0 Å². The summed E-state index contributed by atoms with van der Waals surface area (Å²) in [4.78, 5) is 14.2. The fraction of sp³-hybridized carbons (Fsp3) is 0.533. The number of ketones is 1. The van der Waals surface area contributed by atoms with Gasteiger partial charge in [0.25, 0.3) is 0 Å². The van der Waals surface area contributed by atoms with Gasteiger partial charge in [0.2, 0.25) is 0 Å². The predicted molar refractivity (Wildman–Crippen MR) is 70.3 cm³/mol. The highest BCUT2D eigenvalue weighted by Gasteiger charge is 2.11. The number of piperidine rings is 1. The highest BCUT2D eigenvalue weighted by atomic mass is 19.1. The van der Waals surface area contributed by atoms with Crippen molar-refractivity contribution in [2.45, 2.75) is 32.1 Å². The Hall–Kier alpha value is -1.22. The Morgan fingerprint density at radius 3 is 2.61 bits per heavy atom. The zero-order valence-corrected chi connectivity index (χ0v) is 10.6. The molecule has 2 nitrogen and oxygen atoms in total.